The van der Waals surface area contributed by atoms with Gasteiger partial charge in [-0.05, 0) is 18.2 Å². The van der Waals surface area contributed by atoms with E-state index in [2.05, 4.69) is 22.1 Å². The highest BCUT2D eigenvalue weighted by molar-refractivity contribution is 5.74. The molecule has 1 saturated heterocycles. The number of aromatic nitrogens is 4. The molecule has 176 valence electrons. The molecule has 2 N–H and O–H groups in total. The third kappa shape index (κ3) is 4.84. The Hall–Kier alpha value is -2.65. The summed E-state index contributed by atoms with van der Waals surface area (Å²) in [4.78, 5) is 24.7. The standard InChI is InChI=1S/C23H26N6O2.2ClH/c1-31-21-8-3-2-6-18(21)27-14-12-26(13-15-27)10-5-11-28-19-7-4-9-25-22(19)29-17-24-16-20(29)23(28)30;;/h2-4,6-9,16-17H,5,10-15H2,1H3;2*1H. The number of rotatable bonds is 6. The zero-order valence-electron chi connectivity index (χ0n) is 18.5. The second kappa shape index (κ2) is 11.0. The van der Waals surface area contributed by atoms with Gasteiger partial charge in [0.2, 0.25) is 0 Å². The number of nitrogens with one attached hydrogen (secondary N) is 2. The first-order valence-corrected chi connectivity index (χ1v) is 10.9. The predicted octanol–water partition coefficient (Wildman–Crippen LogP) is -6.43. The summed E-state index contributed by atoms with van der Waals surface area (Å²) in [7, 11) is 1.74. The number of halogens is 2. The van der Waals surface area contributed by atoms with E-state index < -0.39 is 0 Å². The molecule has 1 aliphatic heterocycles. The van der Waals surface area contributed by atoms with Crippen molar-refractivity contribution in [3.8, 4) is 5.75 Å². The number of imidazole rings is 1. The molecule has 3 aromatic heterocycles. The molecular formula is C23H28Cl2N6O2. The van der Waals surface area contributed by atoms with Gasteiger partial charge in [-0.2, -0.15) is 0 Å². The van der Waals surface area contributed by atoms with E-state index >= 15 is 0 Å². The lowest BCUT2D eigenvalue weighted by Gasteiger charge is -2.30. The number of hydrogen-bond donors (Lipinski definition) is 2. The minimum atomic E-state index is -0.00145. The van der Waals surface area contributed by atoms with E-state index in [1.807, 2.05) is 28.8 Å². The van der Waals surface area contributed by atoms with Crippen molar-refractivity contribution in [1.29, 1.82) is 0 Å². The van der Waals surface area contributed by atoms with Crippen LogP contribution in [0.2, 0.25) is 0 Å². The minimum absolute atomic E-state index is 0. The second-order valence-corrected chi connectivity index (χ2v) is 8.11. The Morgan fingerprint density at radius 1 is 1.03 bits per heavy atom. The SMILES string of the molecule is COc1ccccc1[NH+]1CC[NH+](CCCn2c(=O)c3cncn3c3ncccc32)CC1.[Cl-].[Cl-]. The van der Waals surface area contributed by atoms with Crippen LogP contribution in [0.3, 0.4) is 0 Å². The third-order valence-corrected chi connectivity index (χ3v) is 6.35. The summed E-state index contributed by atoms with van der Waals surface area (Å²) in [6.45, 7) is 6.15. The van der Waals surface area contributed by atoms with Crippen LogP contribution in [0.1, 0.15) is 6.42 Å². The van der Waals surface area contributed by atoms with E-state index in [1.54, 1.807) is 35.1 Å². The maximum atomic E-state index is 13.0. The number of nitrogens with zero attached hydrogens (tertiary/aromatic N) is 4. The molecule has 1 fully saturated rings. The molecule has 0 unspecified atom stereocenters. The highest BCUT2D eigenvalue weighted by Crippen LogP contribution is 2.18. The first-order valence-electron chi connectivity index (χ1n) is 10.9. The van der Waals surface area contributed by atoms with Crippen molar-refractivity contribution in [2.24, 2.45) is 0 Å². The largest absolute Gasteiger partial charge is 1.00 e. The van der Waals surface area contributed by atoms with Crippen LogP contribution < -0.4 is 44.9 Å². The van der Waals surface area contributed by atoms with E-state index in [-0.39, 0.29) is 30.4 Å². The van der Waals surface area contributed by atoms with Gasteiger partial charge in [0.05, 0.1) is 25.4 Å². The first kappa shape index (κ1) is 25.0. The fourth-order valence-electron chi connectivity index (χ4n) is 4.73. The van der Waals surface area contributed by atoms with Crippen molar-refractivity contribution in [3.63, 3.8) is 0 Å². The number of piperazine rings is 1. The predicted molar refractivity (Wildman–Crippen MR) is 118 cm³/mol. The molecule has 0 saturated carbocycles. The molecule has 0 aliphatic carbocycles. The lowest BCUT2D eigenvalue weighted by molar-refractivity contribution is -0.986. The van der Waals surface area contributed by atoms with Gasteiger partial charge in [0.25, 0.3) is 5.56 Å². The van der Waals surface area contributed by atoms with Gasteiger partial charge in [0, 0.05) is 25.2 Å². The Balaban J connectivity index is 0.00000153. The quantitative estimate of drug-likeness (QED) is 0.282. The van der Waals surface area contributed by atoms with Gasteiger partial charge in [-0.3, -0.25) is 14.1 Å². The zero-order chi connectivity index (χ0) is 21.2. The van der Waals surface area contributed by atoms with Crippen LogP contribution in [-0.2, 0) is 6.54 Å². The number of ether oxygens (including phenoxy) is 1. The monoisotopic (exact) mass is 490 g/mol. The molecule has 8 nitrogen and oxygen atoms in total. The average Bonchev–Trinajstić information content (AvgIpc) is 3.32. The van der Waals surface area contributed by atoms with Crippen LogP contribution in [0.5, 0.6) is 5.75 Å². The Kier molecular flexibility index (Phi) is 8.31. The fraction of sp³-hybridized carbons (Fsp3) is 0.348. The summed E-state index contributed by atoms with van der Waals surface area (Å²) >= 11 is 0. The van der Waals surface area contributed by atoms with Crippen LogP contribution in [0.15, 0.2) is 59.9 Å². The molecule has 4 aromatic rings. The van der Waals surface area contributed by atoms with Crippen LogP contribution in [0.4, 0.5) is 5.69 Å². The van der Waals surface area contributed by atoms with Crippen molar-refractivity contribution < 1.29 is 39.4 Å². The van der Waals surface area contributed by atoms with Crippen molar-refractivity contribution in [1.82, 2.24) is 18.9 Å². The molecular weight excluding hydrogens is 463 g/mol. The van der Waals surface area contributed by atoms with Crippen LogP contribution in [0.25, 0.3) is 16.7 Å². The number of hydrogen-bond acceptors (Lipinski definition) is 4. The number of quaternary nitrogens is 2. The smallest absolute Gasteiger partial charge is 0.277 e. The highest BCUT2D eigenvalue weighted by Gasteiger charge is 2.26. The second-order valence-electron chi connectivity index (χ2n) is 8.11. The average molecular weight is 491 g/mol. The van der Waals surface area contributed by atoms with Gasteiger partial charge in [0.15, 0.2) is 17.1 Å². The van der Waals surface area contributed by atoms with Crippen molar-refractivity contribution in [2.45, 2.75) is 13.0 Å². The van der Waals surface area contributed by atoms with Gasteiger partial charge in [-0.25, -0.2) is 9.97 Å². The lowest BCUT2D eigenvalue weighted by atomic mass is 10.2. The summed E-state index contributed by atoms with van der Waals surface area (Å²) in [6.07, 6.45) is 5.99. The van der Waals surface area contributed by atoms with E-state index in [0.717, 1.165) is 56.1 Å². The molecule has 1 aromatic carbocycles. The van der Waals surface area contributed by atoms with Gasteiger partial charge in [0.1, 0.15) is 38.0 Å². The van der Waals surface area contributed by atoms with Gasteiger partial charge in [-0.15, -0.1) is 0 Å². The molecule has 4 heterocycles. The molecule has 10 heteroatoms. The highest BCUT2D eigenvalue weighted by atomic mass is 35.5. The molecule has 1 aliphatic rings. The number of methoxy groups -OCH3 is 1. The number of aryl methyl sites for hydroxylation is 1. The van der Waals surface area contributed by atoms with Gasteiger partial charge in [-0.1, -0.05) is 12.1 Å². The van der Waals surface area contributed by atoms with Gasteiger partial charge >= 0.3 is 0 Å². The van der Waals surface area contributed by atoms with Crippen LogP contribution in [0, 0.1) is 0 Å². The van der Waals surface area contributed by atoms with Gasteiger partial charge < -0.3 is 39.0 Å². The first-order chi connectivity index (χ1) is 15.3. The Morgan fingerprint density at radius 3 is 2.61 bits per heavy atom. The summed E-state index contributed by atoms with van der Waals surface area (Å²) in [6, 6.07) is 12.1. The van der Waals surface area contributed by atoms with E-state index in [0.29, 0.717) is 12.1 Å². The topological polar surface area (TPSA) is 70.3 Å². The molecule has 5 rings (SSSR count). The zero-order valence-corrected chi connectivity index (χ0v) is 20.0. The Labute approximate surface area is 204 Å². The number of pyridine rings is 1. The molecule has 33 heavy (non-hydrogen) atoms. The maximum Gasteiger partial charge on any atom is 0.277 e. The Bertz CT molecular complexity index is 1270. The molecule has 0 bridgehead atoms. The minimum Gasteiger partial charge on any atom is -1.00 e. The molecule has 0 amide bonds. The number of para-hydroxylation sites is 2. The maximum absolute atomic E-state index is 13.0. The molecule has 0 spiro atoms. The normalized spacial score (nSPS) is 18.0. The molecule has 0 radical (unpaired) electrons. The summed E-state index contributed by atoms with van der Waals surface area (Å²) < 4.78 is 9.17. The third-order valence-electron chi connectivity index (χ3n) is 6.35. The summed E-state index contributed by atoms with van der Waals surface area (Å²) in [5, 5.41) is 0. The number of fused-ring (bicyclic) bond motifs is 3. The Morgan fingerprint density at radius 2 is 1.82 bits per heavy atom. The lowest BCUT2D eigenvalue weighted by Crippen LogP contribution is -3.26. The van der Waals surface area contributed by atoms with Crippen LogP contribution in [-0.4, -0.2) is 58.8 Å². The van der Waals surface area contributed by atoms with E-state index in [4.69, 9.17) is 4.74 Å². The fourth-order valence-corrected chi connectivity index (χ4v) is 4.73. The van der Waals surface area contributed by atoms with Crippen molar-refractivity contribution >= 4 is 22.4 Å². The number of benzene rings is 1. The van der Waals surface area contributed by atoms with E-state index in [9.17, 15) is 4.79 Å². The van der Waals surface area contributed by atoms with Crippen LogP contribution >= 0.6 is 0 Å². The van der Waals surface area contributed by atoms with Crippen molar-refractivity contribution in [2.75, 3.05) is 39.8 Å². The van der Waals surface area contributed by atoms with E-state index in [1.165, 1.54) is 10.6 Å². The summed E-state index contributed by atoms with van der Waals surface area (Å²) in [5.41, 5.74) is 3.46. The molecule has 0 atom stereocenters. The van der Waals surface area contributed by atoms with Crippen molar-refractivity contribution in [3.05, 3.63) is 65.5 Å². The summed E-state index contributed by atoms with van der Waals surface area (Å²) in [5.74, 6) is 0.969.